The molecule has 2 aromatic carbocycles. The van der Waals surface area contributed by atoms with Crippen LogP contribution in [0.5, 0.6) is 0 Å². The Hall–Kier alpha value is -1.60. The zero-order valence-electron chi connectivity index (χ0n) is 14.8. The number of aryl methyl sites for hydroxylation is 1. The summed E-state index contributed by atoms with van der Waals surface area (Å²) in [5.41, 5.74) is 5.01. The Balaban J connectivity index is 1.35. The third-order valence-electron chi connectivity index (χ3n) is 6.72. The number of hydrogen-bond donors (Lipinski definition) is 1. The topological polar surface area (TPSA) is 12.0 Å². The molecule has 1 nitrogen and oxygen atoms in total. The maximum absolute atomic E-state index is 3.89. The third-order valence-corrected chi connectivity index (χ3v) is 6.72. The fourth-order valence-corrected chi connectivity index (χ4v) is 4.91. The van der Waals surface area contributed by atoms with E-state index in [4.69, 9.17) is 0 Å². The average Bonchev–Trinajstić information content (AvgIpc) is 2.63. The van der Waals surface area contributed by atoms with Crippen molar-refractivity contribution in [1.29, 1.82) is 0 Å². The van der Waals surface area contributed by atoms with Crippen LogP contribution in [0.25, 0.3) is 0 Å². The Bertz CT molecular complexity index is 667. The maximum atomic E-state index is 3.89. The Morgan fingerprint density at radius 3 is 2.21 bits per heavy atom. The molecule has 1 heteroatoms. The quantitative estimate of drug-likeness (QED) is 0.774. The lowest BCUT2D eigenvalue weighted by molar-refractivity contribution is 0.0164. The van der Waals surface area contributed by atoms with Gasteiger partial charge in [0, 0.05) is 12.6 Å². The van der Waals surface area contributed by atoms with Crippen molar-refractivity contribution in [3.63, 3.8) is 0 Å². The monoisotopic (exact) mass is 319 g/mol. The molecule has 0 aliphatic heterocycles. The molecular weight excluding hydrogens is 290 g/mol. The van der Waals surface area contributed by atoms with Crippen LogP contribution in [0, 0.1) is 12.3 Å². The molecule has 2 aromatic rings. The fraction of sp³-hybridized carbons (Fsp3) is 0.478. The lowest BCUT2D eigenvalue weighted by Crippen LogP contribution is -2.54. The molecule has 2 saturated carbocycles. The highest BCUT2D eigenvalue weighted by Crippen LogP contribution is 2.54. The molecule has 0 bridgehead atoms. The van der Waals surface area contributed by atoms with E-state index in [0.717, 1.165) is 18.5 Å². The molecule has 1 spiro atoms. The van der Waals surface area contributed by atoms with Gasteiger partial charge in [0.05, 0.1) is 0 Å². The molecule has 2 fully saturated rings. The molecule has 24 heavy (non-hydrogen) atoms. The summed E-state index contributed by atoms with van der Waals surface area (Å²) in [6.07, 6.45) is 8.33. The lowest BCUT2D eigenvalue weighted by Gasteiger charge is -2.54. The van der Waals surface area contributed by atoms with Crippen LogP contribution in [0.3, 0.4) is 0 Å². The van der Waals surface area contributed by atoms with Crippen LogP contribution in [-0.4, -0.2) is 6.04 Å². The van der Waals surface area contributed by atoms with Gasteiger partial charge in [-0.2, -0.15) is 0 Å². The van der Waals surface area contributed by atoms with Crippen LogP contribution < -0.4 is 5.32 Å². The summed E-state index contributed by atoms with van der Waals surface area (Å²) in [4.78, 5) is 0. The van der Waals surface area contributed by atoms with E-state index in [1.54, 1.807) is 5.56 Å². The number of hydrogen-bond acceptors (Lipinski definition) is 1. The van der Waals surface area contributed by atoms with E-state index in [1.807, 2.05) is 0 Å². The molecule has 0 radical (unpaired) electrons. The van der Waals surface area contributed by atoms with Gasteiger partial charge >= 0.3 is 0 Å². The van der Waals surface area contributed by atoms with Gasteiger partial charge in [-0.05, 0) is 73.5 Å². The van der Waals surface area contributed by atoms with Gasteiger partial charge in [0.15, 0.2) is 0 Å². The first-order valence-corrected chi connectivity index (χ1v) is 9.60. The van der Waals surface area contributed by atoms with Gasteiger partial charge in [0.1, 0.15) is 0 Å². The first-order valence-electron chi connectivity index (χ1n) is 9.60. The lowest BCUT2D eigenvalue weighted by atomic mass is 9.55. The largest absolute Gasteiger partial charge is 0.309 e. The summed E-state index contributed by atoms with van der Waals surface area (Å²) in [7, 11) is 0. The maximum Gasteiger partial charge on any atom is 0.0210 e. The van der Waals surface area contributed by atoms with Crippen molar-refractivity contribution >= 4 is 0 Å². The highest BCUT2D eigenvalue weighted by Gasteiger charge is 2.47. The van der Waals surface area contributed by atoms with Gasteiger partial charge in [-0.15, -0.1) is 0 Å². The van der Waals surface area contributed by atoms with Crippen LogP contribution in [0.2, 0.25) is 0 Å². The van der Waals surface area contributed by atoms with Crippen molar-refractivity contribution < 1.29 is 0 Å². The second-order valence-corrected chi connectivity index (χ2v) is 7.95. The summed E-state index contributed by atoms with van der Waals surface area (Å²) in [6, 6.07) is 20.7. The van der Waals surface area contributed by atoms with Crippen LogP contribution in [0.1, 0.15) is 61.1 Å². The molecule has 126 valence electrons. The van der Waals surface area contributed by atoms with E-state index in [1.165, 1.54) is 49.7 Å². The summed E-state index contributed by atoms with van der Waals surface area (Å²) < 4.78 is 0. The van der Waals surface area contributed by atoms with E-state index in [2.05, 4.69) is 66.8 Å². The Morgan fingerprint density at radius 1 is 0.875 bits per heavy atom. The van der Waals surface area contributed by atoms with Crippen molar-refractivity contribution in [3.05, 3.63) is 71.3 Å². The van der Waals surface area contributed by atoms with Gasteiger partial charge in [-0.1, -0.05) is 54.6 Å². The molecule has 0 aromatic heterocycles. The molecule has 0 heterocycles. The first kappa shape index (κ1) is 15.9. The zero-order chi connectivity index (χ0) is 16.4. The average molecular weight is 319 g/mol. The molecule has 4 rings (SSSR count). The zero-order valence-corrected chi connectivity index (χ0v) is 14.8. The Kier molecular flexibility index (Phi) is 4.45. The van der Waals surface area contributed by atoms with Crippen molar-refractivity contribution in [3.8, 4) is 0 Å². The summed E-state index contributed by atoms with van der Waals surface area (Å²) in [6.45, 7) is 3.25. The molecule has 0 saturated heterocycles. The minimum Gasteiger partial charge on any atom is -0.309 e. The molecule has 0 amide bonds. The van der Waals surface area contributed by atoms with Gasteiger partial charge in [0.25, 0.3) is 0 Å². The van der Waals surface area contributed by atoms with Crippen LogP contribution in [0.15, 0.2) is 54.6 Å². The van der Waals surface area contributed by atoms with Crippen molar-refractivity contribution in [2.75, 3.05) is 0 Å². The minimum atomic E-state index is 0.591. The number of benzene rings is 2. The second kappa shape index (κ2) is 6.72. The SMILES string of the molecule is Cc1ccccc1CNC1CCC12CCC(c1ccccc1)CC2. The second-order valence-electron chi connectivity index (χ2n) is 7.95. The molecule has 1 N–H and O–H groups in total. The summed E-state index contributed by atoms with van der Waals surface area (Å²) in [5.74, 6) is 0.787. The smallest absolute Gasteiger partial charge is 0.0210 e. The van der Waals surface area contributed by atoms with Gasteiger partial charge in [-0.25, -0.2) is 0 Å². The molecule has 2 aliphatic rings. The highest BCUT2D eigenvalue weighted by atomic mass is 15.0. The van der Waals surface area contributed by atoms with Gasteiger partial charge < -0.3 is 5.32 Å². The minimum absolute atomic E-state index is 0.591. The molecular formula is C23H29N. The predicted molar refractivity (Wildman–Crippen MR) is 101 cm³/mol. The van der Waals surface area contributed by atoms with E-state index in [0.29, 0.717) is 5.41 Å². The fourth-order valence-electron chi connectivity index (χ4n) is 4.91. The third kappa shape index (κ3) is 3.02. The number of nitrogens with one attached hydrogen (secondary N) is 1. The predicted octanol–water partition coefficient (Wildman–Crippen LogP) is 5.59. The van der Waals surface area contributed by atoms with E-state index in [9.17, 15) is 0 Å². The van der Waals surface area contributed by atoms with E-state index < -0.39 is 0 Å². The molecule has 1 unspecified atom stereocenters. The normalized spacial score (nSPS) is 29.4. The first-order chi connectivity index (χ1) is 11.8. The van der Waals surface area contributed by atoms with Crippen molar-refractivity contribution in [2.24, 2.45) is 5.41 Å². The van der Waals surface area contributed by atoms with Crippen LogP contribution in [-0.2, 0) is 6.54 Å². The standard InChI is InChI=1S/C23H29N/c1-18-7-5-6-10-21(18)17-24-22-13-16-23(22)14-11-20(12-15-23)19-8-3-2-4-9-19/h2-10,20,22,24H,11-17H2,1H3. The van der Waals surface area contributed by atoms with Crippen molar-refractivity contribution in [1.82, 2.24) is 5.32 Å². The van der Waals surface area contributed by atoms with Crippen molar-refractivity contribution in [2.45, 2.75) is 64.0 Å². The van der Waals surface area contributed by atoms with E-state index >= 15 is 0 Å². The molecule has 2 aliphatic carbocycles. The molecule has 1 atom stereocenters. The Morgan fingerprint density at radius 2 is 1.54 bits per heavy atom. The number of rotatable bonds is 4. The highest BCUT2D eigenvalue weighted by molar-refractivity contribution is 5.26. The van der Waals surface area contributed by atoms with Gasteiger partial charge in [-0.3, -0.25) is 0 Å². The van der Waals surface area contributed by atoms with Crippen LogP contribution in [0.4, 0.5) is 0 Å². The van der Waals surface area contributed by atoms with E-state index in [-0.39, 0.29) is 0 Å². The summed E-state index contributed by atoms with van der Waals surface area (Å²) >= 11 is 0. The summed E-state index contributed by atoms with van der Waals surface area (Å²) in [5, 5.41) is 3.89. The Labute approximate surface area is 146 Å². The van der Waals surface area contributed by atoms with Gasteiger partial charge in [0.2, 0.25) is 0 Å². The van der Waals surface area contributed by atoms with Crippen LogP contribution >= 0.6 is 0 Å².